The maximum Gasteiger partial charge on any atom is 0.223 e. The predicted octanol–water partition coefficient (Wildman–Crippen LogP) is 2.90. The molecule has 20 heavy (non-hydrogen) atoms. The molecule has 2 aromatic rings. The second-order valence-electron chi connectivity index (χ2n) is 4.13. The quantitative estimate of drug-likeness (QED) is 0.791. The molecule has 0 fully saturated rings. The minimum atomic E-state index is -0.434. The molecule has 0 bridgehead atoms. The smallest absolute Gasteiger partial charge is 0.223 e. The Labute approximate surface area is 121 Å². The van der Waals surface area contributed by atoms with Crippen molar-refractivity contribution >= 4 is 29.2 Å². The van der Waals surface area contributed by atoms with E-state index in [1.807, 2.05) is 6.92 Å². The molecule has 0 aliphatic carbocycles. The lowest BCUT2D eigenvalue weighted by Crippen LogP contribution is -2.07. The highest BCUT2D eigenvalue weighted by atomic mass is 35.5. The number of nitrogens with two attached hydrogens (primary N) is 1. The van der Waals surface area contributed by atoms with Crippen molar-refractivity contribution in [2.45, 2.75) is 13.5 Å². The van der Waals surface area contributed by atoms with Crippen LogP contribution in [0.5, 0.6) is 0 Å². The molecule has 106 valence electrons. The summed E-state index contributed by atoms with van der Waals surface area (Å²) in [7, 11) is 0. The minimum absolute atomic E-state index is 0.0971. The Morgan fingerprint density at radius 1 is 1.20 bits per heavy atom. The summed E-state index contributed by atoms with van der Waals surface area (Å²) in [6.45, 7) is 3.16. The zero-order valence-corrected chi connectivity index (χ0v) is 11.7. The molecule has 1 aromatic heterocycles. The molecule has 4 N–H and O–H groups in total. The van der Waals surface area contributed by atoms with Crippen molar-refractivity contribution in [3.63, 3.8) is 0 Å². The highest BCUT2D eigenvalue weighted by Gasteiger charge is 2.04. The monoisotopic (exact) mass is 295 g/mol. The topological polar surface area (TPSA) is 75.9 Å². The molecule has 0 spiro atoms. The number of rotatable bonds is 5. The van der Waals surface area contributed by atoms with E-state index in [1.54, 1.807) is 18.2 Å². The number of hydrogen-bond donors (Lipinski definition) is 3. The molecule has 2 rings (SSSR count). The molecule has 7 heteroatoms. The summed E-state index contributed by atoms with van der Waals surface area (Å²) in [6.07, 6.45) is 0. The Morgan fingerprint density at radius 3 is 2.55 bits per heavy atom. The van der Waals surface area contributed by atoms with E-state index in [0.29, 0.717) is 18.2 Å². The van der Waals surface area contributed by atoms with Crippen molar-refractivity contribution in [2.75, 3.05) is 22.9 Å². The Kier molecular flexibility index (Phi) is 4.57. The SMILES string of the molecule is CCNc1cc(NCc2ccc(F)c(Cl)c2)nc(N)n1. The summed E-state index contributed by atoms with van der Waals surface area (Å²) in [5.41, 5.74) is 6.48. The second kappa shape index (κ2) is 6.38. The maximum absolute atomic E-state index is 13.1. The first-order chi connectivity index (χ1) is 9.58. The normalized spacial score (nSPS) is 10.3. The molecular weight excluding hydrogens is 281 g/mol. The van der Waals surface area contributed by atoms with Gasteiger partial charge in [-0.1, -0.05) is 17.7 Å². The van der Waals surface area contributed by atoms with Crippen LogP contribution < -0.4 is 16.4 Å². The molecule has 0 aliphatic rings. The summed E-state index contributed by atoms with van der Waals surface area (Å²) < 4.78 is 13.1. The van der Waals surface area contributed by atoms with Gasteiger partial charge in [-0.15, -0.1) is 0 Å². The van der Waals surface area contributed by atoms with Gasteiger partial charge in [-0.25, -0.2) is 4.39 Å². The molecular formula is C13H15ClFN5. The van der Waals surface area contributed by atoms with Gasteiger partial charge in [0.05, 0.1) is 5.02 Å². The number of benzene rings is 1. The van der Waals surface area contributed by atoms with Gasteiger partial charge in [-0.3, -0.25) is 0 Å². The van der Waals surface area contributed by atoms with Crippen molar-refractivity contribution in [3.8, 4) is 0 Å². The summed E-state index contributed by atoms with van der Waals surface area (Å²) in [5, 5.41) is 6.25. The number of nitrogens with zero attached hydrogens (tertiary/aromatic N) is 2. The molecule has 0 aliphatic heterocycles. The van der Waals surface area contributed by atoms with Crippen LogP contribution in [-0.2, 0) is 6.54 Å². The molecule has 0 saturated heterocycles. The summed E-state index contributed by atoms with van der Waals surface area (Å²) >= 11 is 5.73. The average molecular weight is 296 g/mol. The van der Waals surface area contributed by atoms with Gasteiger partial charge >= 0.3 is 0 Å². The van der Waals surface area contributed by atoms with E-state index in [1.165, 1.54) is 6.07 Å². The summed E-state index contributed by atoms with van der Waals surface area (Å²) in [6, 6.07) is 6.31. The third-order valence-corrected chi connectivity index (χ3v) is 2.85. The van der Waals surface area contributed by atoms with Crippen molar-refractivity contribution < 1.29 is 4.39 Å². The van der Waals surface area contributed by atoms with Crippen LogP contribution in [0, 0.1) is 5.82 Å². The molecule has 0 unspecified atom stereocenters. The van der Waals surface area contributed by atoms with E-state index in [4.69, 9.17) is 17.3 Å². The van der Waals surface area contributed by atoms with Crippen LogP contribution in [0.25, 0.3) is 0 Å². The number of nitrogen functional groups attached to an aromatic ring is 1. The molecule has 0 amide bonds. The van der Waals surface area contributed by atoms with Gasteiger partial charge < -0.3 is 16.4 Å². The average Bonchev–Trinajstić information content (AvgIpc) is 2.40. The zero-order valence-electron chi connectivity index (χ0n) is 11.0. The Morgan fingerprint density at radius 2 is 1.90 bits per heavy atom. The number of halogens is 2. The number of hydrogen-bond acceptors (Lipinski definition) is 5. The third kappa shape index (κ3) is 3.71. The van der Waals surface area contributed by atoms with Crippen LogP contribution in [0.1, 0.15) is 12.5 Å². The third-order valence-electron chi connectivity index (χ3n) is 2.56. The zero-order chi connectivity index (χ0) is 14.5. The molecule has 0 saturated carbocycles. The van der Waals surface area contributed by atoms with Gasteiger partial charge in [-0.2, -0.15) is 9.97 Å². The van der Waals surface area contributed by atoms with Gasteiger partial charge in [0.1, 0.15) is 17.5 Å². The number of aromatic nitrogens is 2. The lowest BCUT2D eigenvalue weighted by atomic mass is 10.2. The lowest BCUT2D eigenvalue weighted by Gasteiger charge is -2.09. The van der Waals surface area contributed by atoms with Gasteiger partial charge in [0.2, 0.25) is 5.95 Å². The van der Waals surface area contributed by atoms with E-state index in [2.05, 4.69) is 20.6 Å². The van der Waals surface area contributed by atoms with E-state index in [0.717, 1.165) is 12.1 Å². The van der Waals surface area contributed by atoms with E-state index in [9.17, 15) is 4.39 Å². The Balaban J connectivity index is 2.08. The predicted molar refractivity (Wildman–Crippen MR) is 79.3 cm³/mol. The fourth-order valence-corrected chi connectivity index (χ4v) is 1.87. The fourth-order valence-electron chi connectivity index (χ4n) is 1.67. The molecule has 0 radical (unpaired) electrons. The highest BCUT2D eigenvalue weighted by Crippen LogP contribution is 2.18. The molecule has 1 aromatic carbocycles. The Hall–Kier alpha value is -2.08. The number of nitrogens with one attached hydrogen (secondary N) is 2. The minimum Gasteiger partial charge on any atom is -0.370 e. The van der Waals surface area contributed by atoms with Crippen LogP contribution in [-0.4, -0.2) is 16.5 Å². The van der Waals surface area contributed by atoms with Crippen molar-refractivity contribution in [3.05, 3.63) is 40.7 Å². The maximum atomic E-state index is 13.1. The largest absolute Gasteiger partial charge is 0.370 e. The first-order valence-electron chi connectivity index (χ1n) is 6.14. The van der Waals surface area contributed by atoms with E-state index < -0.39 is 5.82 Å². The van der Waals surface area contributed by atoms with Crippen LogP contribution in [0.15, 0.2) is 24.3 Å². The van der Waals surface area contributed by atoms with Crippen LogP contribution in [0.2, 0.25) is 5.02 Å². The van der Waals surface area contributed by atoms with Crippen LogP contribution in [0.4, 0.5) is 22.0 Å². The molecule has 0 atom stereocenters. The van der Waals surface area contributed by atoms with Gasteiger partial charge in [0.15, 0.2) is 0 Å². The van der Waals surface area contributed by atoms with Gasteiger partial charge in [0.25, 0.3) is 0 Å². The molecule has 1 heterocycles. The van der Waals surface area contributed by atoms with Crippen molar-refractivity contribution in [1.82, 2.24) is 9.97 Å². The molecule has 5 nitrogen and oxygen atoms in total. The highest BCUT2D eigenvalue weighted by molar-refractivity contribution is 6.30. The first-order valence-corrected chi connectivity index (χ1v) is 6.52. The fraction of sp³-hybridized carbons (Fsp3) is 0.231. The number of anilines is 3. The standard InChI is InChI=1S/C13H15ClFN5/c1-2-17-11-6-12(20-13(16)19-11)18-7-8-3-4-10(15)9(14)5-8/h3-6H,2,7H2,1H3,(H4,16,17,18,19,20). The summed E-state index contributed by atoms with van der Waals surface area (Å²) in [5.74, 6) is 0.993. The Bertz CT molecular complexity index is 605. The van der Waals surface area contributed by atoms with Crippen molar-refractivity contribution in [2.24, 2.45) is 0 Å². The first kappa shape index (κ1) is 14.3. The van der Waals surface area contributed by atoms with Gasteiger partial charge in [0, 0.05) is 19.2 Å². The van der Waals surface area contributed by atoms with E-state index >= 15 is 0 Å². The van der Waals surface area contributed by atoms with Crippen LogP contribution in [0.3, 0.4) is 0 Å². The van der Waals surface area contributed by atoms with E-state index in [-0.39, 0.29) is 11.0 Å². The van der Waals surface area contributed by atoms with Crippen LogP contribution >= 0.6 is 11.6 Å². The summed E-state index contributed by atoms with van der Waals surface area (Å²) in [4.78, 5) is 8.13. The second-order valence-corrected chi connectivity index (χ2v) is 4.54. The lowest BCUT2D eigenvalue weighted by molar-refractivity contribution is 0.627. The van der Waals surface area contributed by atoms with Gasteiger partial charge in [-0.05, 0) is 24.6 Å². The van der Waals surface area contributed by atoms with Crippen molar-refractivity contribution in [1.29, 1.82) is 0 Å².